The highest BCUT2D eigenvalue weighted by molar-refractivity contribution is 5.76. The van der Waals surface area contributed by atoms with Crippen molar-refractivity contribution < 1.29 is 24.5 Å². The van der Waals surface area contributed by atoms with E-state index in [9.17, 15) is 19.8 Å². The maximum absolute atomic E-state index is 12.5. The molecule has 2 unspecified atom stereocenters. The zero-order valence-electron chi connectivity index (χ0n) is 51.1. The van der Waals surface area contributed by atoms with E-state index in [4.69, 9.17) is 4.74 Å². The van der Waals surface area contributed by atoms with Crippen LogP contribution >= 0.6 is 0 Å². The minimum Gasteiger partial charge on any atom is -0.466 e. The van der Waals surface area contributed by atoms with Gasteiger partial charge in [-0.15, -0.1) is 0 Å². The van der Waals surface area contributed by atoms with E-state index < -0.39 is 12.1 Å². The first kappa shape index (κ1) is 73.6. The molecule has 0 aromatic heterocycles. The molecule has 0 aliphatic carbocycles. The van der Waals surface area contributed by atoms with Crippen LogP contribution in [-0.2, 0) is 14.3 Å². The van der Waals surface area contributed by atoms with E-state index in [1.807, 2.05) is 6.08 Å². The molecule has 0 aliphatic heterocycles. The Hall–Kier alpha value is -1.40. The first-order chi connectivity index (χ1) is 37.0. The Morgan fingerprint density at radius 1 is 0.360 bits per heavy atom. The van der Waals surface area contributed by atoms with Crippen LogP contribution in [-0.4, -0.2) is 47.4 Å². The summed E-state index contributed by atoms with van der Waals surface area (Å²) in [6.07, 6.45) is 79.9. The molecular formula is C69H135NO5. The Morgan fingerprint density at radius 2 is 0.613 bits per heavy atom. The molecule has 0 rings (SSSR count). The van der Waals surface area contributed by atoms with Gasteiger partial charge in [-0.1, -0.05) is 360 Å². The first-order valence-corrected chi connectivity index (χ1v) is 34.5. The molecule has 6 heteroatoms. The number of esters is 1. The van der Waals surface area contributed by atoms with Crippen LogP contribution in [0.4, 0.5) is 0 Å². The molecule has 3 N–H and O–H groups in total. The molecule has 1 amide bonds. The lowest BCUT2D eigenvalue weighted by Gasteiger charge is -2.20. The van der Waals surface area contributed by atoms with Gasteiger partial charge in [-0.25, -0.2) is 0 Å². The minimum atomic E-state index is -0.846. The van der Waals surface area contributed by atoms with E-state index in [0.717, 1.165) is 38.5 Å². The number of aliphatic hydroxyl groups is 2. The Balaban J connectivity index is 3.40. The Kier molecular flexibility index (Phi) is 63.9. The number of allylic oxidation sites excluding steroid dienone is 1. The summed E-state index contributed by atoms with van der Waals surface area (Å²) >= 11 is 0. The van der Waals surface area contributed by atoms with E-state index in [1.54, 1.807) is 6.08 Å². The fourth-order valence-electron chi connectivity index (χ4n) is 11.1. The highest BCUT2D eigenvalue weighted by atomic mass is 16.5. The van der Waals surface area contributed by atoms with Crippen LogP contribution in [0.3, 0.4) is 0 Å². The molecule has 0 spiro atoms. The second-order valence-electron chi connectivity index (χ2n) is 23.9. The molecule has 0 aromatic carbocycles. The van der Waals surface area contributed by atoms with Crippen LogP contribution in [0, 0.1) is 0 Å². The number of carbonyl (C=O) groups is 2. The van der Waals surface area contributed by atoms with Crippen molar-refractivity contribution in [3.05, 3.63) is 12.2 Å². The van der Waals surface area contributed by atoms with Crippen molar-refractivity contribution in [2.45, 2.75) is 405 Å². The number of hydrogen-bond donors (Lipinski definition) is 3. The SMILES string of the molecule is CCCCCCCCCCCCCCCCCCCCCCC/C=C/C(O)C(CO)NC(=O)CCCCCCCCCCCCCCCCCCCCCCCOC(=O)CCCCCCCCCCCCCCCC. The molecule has 0 fully saturated rings. The second kappa shape index (κ2) is 65.1. The van der Waals surface area contributed by atoms with Gasteiger partial charge in [0.25, 0.3) is 0 Å². The summed E-state index contributed by atoms with van der Waals surface area (Å²) in [6, 6.07) is -0.629. The van der Waals surface area contributed by atoms with Gasteiger partial charge in [-0.05, 0) is 32.1 Å². The quantitative estimate of drug-likeness (QED) is 0.0320. The number of rotatable bonds is 65. The van der Waals surface area contributed by atoms with Crippen molar-refractivity contribution in [2.75, 3.05) is 13.2 Å². The van der Waals surface area contributed by atoms with Crippen LogP contribution in [0.1, 0.15) is 393 Å². The molecule has 0 heterocycles. The molecule has 446 valence electrons. The van der Waals surface area contributed by atoms with Crippen LogP contribution in [0.2, 0.25) is 0 Å². The smallest absolute Gasteiger partial charge is 0.305 e. The van der Waals surface area contributed by atoms with Gasteiger partial charge < -0.3 is 20.3 Å². The summed E-state index contributed by atoms with van der Waals surface area (Å²) < 4.78 is 5.49. The number of unbranched alkanes of at least 4 members (excludes halogenated alkanes) is 54. The zero-order valence-corrected chi connectivity index (χ0v) is 51.1. The largest absolute Gasteiger partial charge is 0.466 e. The average Bonchev–Trinajstić information content (AvgIpc) is 3.41. The van der Waals surface area contributed by atoms with Gasteiger partial charge >= 0.3 is 5.97 Å². The molecule has 0 saturated heterocycles. The Labute approximate surface area is 469 Å². The maximum Gasteiger partial charge on any atom is 0.305 e. The average molecular weight is 1060 g/mol. The van der Waals surface area contributed by atoms with Crippen molar-refractivity contribution in [3.63, 3.8) is 0 Å². The summed E-state index contributed by atoms with van der Waals surface area (Å²) in [5, 5.41) is 23.3. The molecule has 2 atom stereocenters. The topological polar surface area (TPSA) is 95.9 Å². The lowest BCUT2D eigenvalue weighted by Crippen LogP contribution is -2.45. The zero-order chi connectivity index (χ0) is 54.3. The normalized spacial score (nSPS) is 12.5. The second-order valence-corrected chi connectivity index (χ2v) is 23.9. The summed E-state index contributed by atoms with van der Waals surface area (Å²) in [4.78, 5) is 24.6. The lowest BCUT2D eigenvalue weighted by atomic mass is 10.0. The Morgan fingerprint density at radius 3 is 0.907 bits per heavy atom. The van der Waals surface area contributed by atoms with E-state index >= 15 is 0 Å². The monoisotopic (exact) mass is 1060 g/mol. The van der Waals surface area contributed by atoms with Gasteiger partial charge in [0, 0.05) is 12.8 Å². The third-order valence-electron chi connectivity index (χ3n) is 16.3. The fourth-order valence-corrected chi connectivity index (χ4v) is 11.1. The number of carbonyl (C=O) groups excluding carboxylic acids is 2. The number of nitrogens with one attached hydrogen (secondary N) is 1. The van der Waals surface area contributed by atoms with E-state index in [2.05, 4.69) is 19.2 Å². The Bertz CT molecular complexity index is 1130. The molecule has 0 aliphatic rings. The lowest BCUT2D eigenvalue weighted by molar-refractivity contribution is -0.143. The van der Waals surface area contributed by atoms with Crippen molar-refractivity contribution >= 4 is 11.9 Å². The highest BCUT2D eigenvalue weighted by Crippen LogP contribution is 2.19. The van der Waals surface area contributed by atoms with Crippen molar-refractivity contribution in [1.82, 2.24) is 5.32 Å². The standard InChI is InChI=1S/C69H135NO5/c1-3-5-7-9-11-13-15-17-19-20-21-22-23-25-28-31-34-37-41-45-49-53-57-61-67(72)66(65-71)70-68(73)62-58-54-50-46-42-38-35-32-29-26-24-27-30-33-36-40-44-48-52-56-60-64-75-69(74)63-59-55-51-47-43-39-18-16-14-12-10-8-6-4-2/h57,61,66-67,71-72H,3-56,58-60,62-65H2,1-2H3,(H,70,73)/b61-57+. The number of aliphatic hydroxyl groups excluding tert-OH is 2. The van der Waals surface area contributed by atoms with Gasteiger partial charge in [-0.2, -0.15) is 0 Å². The third kappa shape index (κ3) is 61.7. The minimum absolute atomic E-state index is 0.0148. The van der Waals surface area contributed by atoms with Gasteiger partial charge in [0.05, 0.1) is 25.4 Å². The molecule has 0 aromatic rings. The van der Waals surface area contributed by atoms with Crippen LogP contribution in [0.15, 0.2) is 12.2 Å². The summed E-state index contributed by atoms with van der Waals surface area (Å²) in [6.45, 7) is 4.95. The summed E-state index contributed by atoms with van der Waals surface area (Å²) in [7, 11) is 0. The molecule has 0 bridgehead atoms. The molecule has 0 saturated carbocycles. The van der Waals surface area contributed by atoms with Crippen LogP contribution in [0.25, 0.3) is 0 Å². The molecule has 6 nitrogen and oxygen atoms in total. The number of ether oxygens (including phenoxy) is 1. The van der Waals surface area contributed by atoms with E-state index in [1.165, 1.54) is 327 Å². The van der Waals surface area contributed by atoms with Gasteiger partial charge in [0.15, 0.2) is 0 Å². The number of hydrogen-bond acceptors (Lipinski definition) is 5. The predicted octanol–water partition coefficient (Wildman–Crippen LogP) is 22.0. The van der Waals surface area contributed by atoms with Crippen molar-refractivity contribution in [1.29, 1.82) is 0 Å². The van der Waals surface area contributed by atoms with Gasteiger partial charge in [0.2, 0.25) is 5.91 Å². The summed E-state index contributed by atoms with van der Waals surface area (Å²) in [5.41, 5.74) is 0. The fraction of sp³-hybridized carbons (Fsp3) is 0.942. The molecule has 75 heavy (non-hydrogen) atoms. The van der Waals surface area contributed by atoms with E-state index in [0.29, 0.717) is 19.4 Å². The van der Waals surface area contributed by atoms with Crippen molar-refractivity contribution in [3.8, 4) is 0 Å². The molecule has 0 radical (unpaired) electrons. The van der Waals surface area contributed by atoms with Crippen LogP contribution < -0.4 is 5.32 Å². The van der Waals surface area contributed by atoms with Crippen molar-refractivity contribution in [2.24, 2.45) is 0 Å². The third-order valence-corrected chi connectivity index (χ3v) is 16.3. The van der Waals surface area contributed by atoms with Crippen LogP contribution in [0.5, 0.6) is 0 Å². The first-order valence-electron chi connectivity index (χ1n) is 34.5. The maximum atomic E-state index is 12.5. The predicted molar refractivity (Wildman–Crippen MR) is 329 cm³/mol. The van der Waals surface area contributed by atoms with E-state index in [-0.39, 0.29) is 18.5 Å². The summed E-state index contributed by atoms with van der Waals surface area (Å²) in [5.74, 6) is -0.0493. The van der Waals surface area contributed by atoms with Gasteiger partial charge in [-0.3, -0.25) is 9.59 Å². The molecular weight excluding hydrogens is 923 g/mol. The highest BCUT2D eigenvalue weighted by Gasteiger charge is 2.18. The van der Waals surface area contributed by atoms with Gasteiger partial charge in [0.1, 0.15) is 0 Å². The number of amides is 1.